The molecule has 0 saturated carbocycles. The molecule has 3 rings (SSSR count). The topological polar surface area (TPSA) is 112 Å². The Kier molecular flexibility index (Phi) is 9.69. The summed E-state index contributed by atoms with van der Waals surface area (Å²) in [5.41, 5.74) is 1.45. The first kappa shape index (κ1) is 26.6. The average Bonchev–Trinajstić information content (AvgIpc) is 3.25. The molecule has 0 spiro atoms. The highest BCUT2D eigenvalue weighted by Gasteiger charge is 2.22. The number of carbonyl (C=O) groups excluding carboxylic acids is 2. The second-order valence-corrected chi connectivity index (χ2v) is 8.69. The van der Waals surface area contributed by atoms with Gasteiger partial charge in [-0.15, -0.1) is 24.0 Å². The van der Waals surface area contributed by atoms with Crippen LogP contribution >= 0.6 is 24.0 Å². The zero-order valence-electron chi connectivity index (χ0n) is 19.6. The highest BCUT2D eigenvalue weighted by atomic mass is 127. The molecule has 3 N–H and O–H groups in total. The Morgan fingerprint density at radius 1 is 1.24 bits per heavy atom. The van der Waals surface area contributed by atoms with Gasteiger partial charge in [0.25, 0.3) is 5.91 Å². The van der Waals surface area contributed by atoms with Gasteiger partial charge in [-0.25, -0.2) is 9.98 Å². The van der Waals surface area contributed by atoms with Gasteiger partial charge in [0.15, 0.2) is 5.96 Å². The number of oxazole rings is 1. The predicted molar refractivity (Wildman–Crippen MR) is 138 cm³/mol. The lowest BCUT2D eigenvalue weighted by molar-refractivity contribution is -0.123. The zero-order valence-corrected chi connectivity index (χ0v) is 21.9. The number of aromatic nitrogens is 1. The fourth-order valence-corrected chi connectivity index (χ4v) is 3.16. The van der Waals surface area contributed by atoms with Gasteiger partial charge in [0, 0.05) is 30.6 Å². The maximum Gasteiger partial charge on any atom is 0.254 e. The van der Waals surface area contributed by atoms with Gasteiger partial charge in [0.05, 0.1) is 25.8 Å². The van der Waals surface area contributed by atoms with Crippen molar-refractivity contribution in [3.05, 3.63) is 53.2 Å². The molecule has 0 unspecified atom stereocenters. The van der Waals surface area contributed by atoms with E-state index >= 15 is 0 Å². The lowest BCUT2D eigenvalue weighted by atomic mass is 9.94. The average molecular weight is 568 g/mol. The third-order valence-corrected chi connectivity index (χ3v) is 4.99. The number of carbonyl (C=O) groups is 2. The quantitative estimate of drug-likeness (QED) is 0.281. The molecule has 1 fully saturated rings. The van der Waals surface area contributed by atoms with Crippen molar-refractivity contribution < 1.29 is 14.0 Å². The molecule has 180 valence electrons. The van der Waals surface area contributed by atoms with Crippen LogP contribution in [0.5, 0.6) is 0 Å². The maximum atomic E-state index is 12.6. The number of aliphatic imine (C=N–C) groups is 1. The molecule has 0 aliphatic carbocycles. The number of hydrogen-bond acceptors (Lipinski definition) is 5. The number of nitrogens with zero attached hydrogens (tertiary/aromatic N) is 3. The zero-order chi connectivity index (χ0) is 23.1. The summed E-state index contributed by atoms with van der Waals surface area (Å²) in [6.45, 7) is 11.0. The van der Waals surface area contributed by atoms with Crippen molar-refractivity contribution in [3.63, 3.8) is 0 Å². The van der Waals surface area contributed by atoms with Crippen LogP contribution < -0.4 is 16.0 Å². The number of rotatable bonds is 6. The molecule has 1 aromatic carbocycles. The smallest absolute Gasteiger partial charge is 0.254 e. The molecule has 0 radical (unpaired) electrons. The van der Waals surface area contributed by atoms with E-state index in [0.29, 0.717) is 43.6 Å². The van der Waals surface area contributed by atoms with Gasteiger partial charge in [-0.1, -0.05) is 32.9 Å². The van der Waals surface area contributed by atoms with Gasteiger partial charge < -0.3 is 25.3 Å². The van der Waals surface area contributed by atoms with E-state index in [-0.39, 0.29) is 47.8 Å². The second kappa shape index (κ2) is 12.0. The number of hydrogen-bond donors (Lipinski definition) is 3. The summed E-state index contributed by atoms with van der Waals surface area (Å²) in [6, 6.07) is 7.32. The van der Waals surface area contributed by atoms with Crippen LogP contribution in [0.3, 0.4) is 0 Å². The normalized spacial score (nSPS) is 14.4. The first-order chi connectivity index (χ1) is 15.3. The van der Waals surface area contributed by atoms with Gasteiger partial charge in [0.1, 0.15) is 5.76 Å². The Morgan fingerprint density at radius 2 is 1.97 bits per heavy atom. The molecule has 1 saturated heterocycles. The van der Waals surface area contributed by atoms with E-state index in [1.54, 1.807) is 23.2 Å². The summed E-state index contributed by atoms with van der Waals surface area (Å²) in [5, 5.41) is 9.16. The summed E-state index contributed by atoms with van der Waals surface area (Å²) in [6.07, 6.45) is 1.76. The monoisotopic (exact) mass is 568 g/mol. The van der Waals surface area contributed by atoms with Gasteiger partial charge in [-0.05, 0) is 24.6 Å². The van der Waals surface area contributed by atoms with Crippen molar-refractivity contribution in [2.45, 2.75) is 46.2 Å². The number of nitrogens with one attached hydrogen (secondary N) is 3. The van der Waals surface area contributed by atoms with Gasteiger partial charge in [-0.3, -0.25) is 9.59 Å². The molecule has 33 heavy (non-hydrogen) atoms. The Balaban J connectivity index is 0.00000385. The Labute approximate surface area is 211 Å². The number of piperazine rings is 1. The lowest BCUT2D eigenvalue weighted by Crippen LogP contribution is -2.49. The molecular weight excluding hydrogens is 535 g/mol. The molecule has 2 aromatic rings. The predicted octanol–water partition coefficient (Wildman–Crippen LogP) is 2.42. The molecule has 1 aromatic heterocycles. The van der Waals surface area contributed by atoms with E-state index < -0.39 is 0 Å². The molecule has 9 nitrogen and oxygen atoms in total. The maximum absolute atomic E-state index is 12.6. The van der Waals surface area contributed by atoms with Crippen molar-refractivity contribution >= 4 is 41.8 Å². The van der Waals surface area contributed by atoms with Crippen LogP contribution in [0.25, 0.3) is 0 Å². The fourth-order valence-electron chi connectivity index (χ4n) is 3.16. The molecular formula is C23H33IN6O3. The van der Waals surface area contributed by atoms with Gasteiger partial charge in [0.2, 0.25) is 11.8 Å². The van der Waals surface area contributed by atoms with Crippen molar-refractivity contribution in [1.29, 1.82) is 0 Å². The summed E-state index contributed by atoms with van der Waals surface area (Å²) < 4.78 is 5.81. The fraction of sp³-hybridized carbons (Fsp3) is 0.478. The SMILES string of the molecule is CCNC(=NCc1ccc(C(=O)N2CCNC(=O)C2)cc1)NCc1ncc(C(C)(C)C)o1.I. The van der Waals surface area contributed by atoms with Crippen LogP contribution in [-0.4, -0.2) is 53.8 Å². The molecule has 10 heteroatoms. The van der Waals surface area contributed by atoms with Crippen LogP contribution in [0.1, 0.15) is 55.3 Å². The molecule has 2 heterocycles. The summed E-state index contributed by atoms with van der Waals surface area (Å²) in [4.78, 5) is 34.6. The summed E-state index contributed by atoms with van der Waals surface area (Å²) in [7, 11) is 0. The van der Waals surface area contributed by atoms with Crippen molar-refractivity contribution in [2.24, 2.45) is 4.99 Å². The van der Waals surface area contributed by atoms with Crippen LogP contribution in [0, 0.1) is 0 Å². The van der Waals surface area contributed by atoms with Crippen molar-refractivity contribution in [1.82, 2.24) is 25.8 Å². The molecule has 1 aliphatic heterocycles. The highest BCUT2D eigenvalue weighted by molar-refractivity contribution is 14.0. The minimum atomic E-state index is -0.134. The largest absolute Gasteiger partial charge is 0.443 e. The second-order valence-electron chi connectivity index (χ2n) is 8.69. The Bertz CT molecular complexity index is 965. The number of halogens is 1. The van der Waals surface area contributed by atoms with Crippen molar-refractivity contribution in [2.75, 3.05) is 26.2 Å². The van der Waals surface area contributed by atoms with Crippen LogP contribution in [0.15, 0.2) is 39.9 Å². The minimum Gasteiger partial charge on any atom is -0.443 e. The van der Waals surface area contributed by atoms with E-state index in [2.05, 4.69) is 46.7 Å². The molecule has 0 atom stereocenters. The Morgan fingerprint density at radius 3 is 2.58 bits per heavy atom. The summed E-state index contributed by atoms with van der Waals surface area (Å²) in [5.74, 6) is 1.84. The third kappa shape index (κ3) is 7.72. The van der Waals surface area contributed by atoms with Crippen LogP contribution in [-0.2, 0) is 23.3 Å². The minimum absolute atomic E-state index is 0. The van der Waals surface area contributed by atoms with Crippen LogP contribution in [0.2, 0.25) is 0 Å². The first-order valence-electron chi connectivity index (χ1n) is 10.9. The first-order valence-corrected chi connectivity index (χ1v) is 10.9. The van der Waals surface area contributed by atoms with Crippen molar-refractivity contribution in [3.8, 4) is 0 Å². The lowest BCUT2D eigenvalue weighted by Gasteiger charge is -2.26. The number of guanidine groups is 1. The molecule has 0 bridgehead atoms. The van der Waals surface area contributed by atoms with E-state index in [1.807, 2.05) is 19.1 Å². The molecule has 2 amide bonds. The van der Waals surface area contributed by atoms with Crippen LogP contribution in [0.4, 0.5) is 0 Å². The van der Waals surface area contributed by atoms with Gasteiger partial charge in [-0.2, -0.15) is 0 Å². The van der Waals surface area contributed by atoms with E-state index in [4.69, 9.17) is 4.42 Å². The Hall–Kier alpha value is -2.63. The van der Waals surface area contributed by atoms with E-state index in [1.165, 1.54) is 0 Å². The van der Waals surface area contributed by atoms with E-state index in [0.717, 1.165) is 17.9 Å². The highest BCUT2D eigenvalue weighted by Crippen LogP contribution is 2.22. The molecule has 1 aliphatic rings. The standard InChI is InChI=1S/C23H32N6O3.HI/c1-5-24-22(28-14-20-26-13-18(32-20)23(2,3)4)27-12-16-6-8-17(9-7-16)21(31)29-11-10-25-19(30)15-29;/h6-9,13H,5,10-12,14-15H2,1-4H3,(H,25,30)(H2,24,27,28);1H. The number of benzene rings is 1. The van der Waals surface area contributed by atoms with E-state index in [9.17, 15) is 9.59 Å². The third-order valence-electron chi connectivity index (χ3n) is 4.99. The summed E-state index contributed by atoms with van der Waals surface area (Å²) >= 11 is 0. The number of amides is 2. The van der Waals surface area contributed by atoms with Gasteiger partial charge >= 0.3 is 0 Å².